The zero-order valence-electron chi connectivity index (χ0n) is 18.5. The van der Waals surface area contributed by atoms with Crippen LogP contribution >= 0.6 is 0 Å². The Hall–Kier alpha value is -2.16. The number of pyridine rings is 1. The van der Waals surface area contributed by atoms with Crippen molar-refractivity contribution >= 4 is 5.90 Å². The number of aliphatic imine (C=N–C) groups is 1. The molecule has 162 valence electrons. The summed E-state index contributed by atoms with van der Waals surface area (Å²) in [6, 6.07) is 15.4. The van der Waals surface area contributed by atoms with Gasteiger partial charge in [-0.05, 0) is 60.8 Å². The van der Waals surface area contributed by atoms with Gasteiger partial charge < -0.3 is 4.74 Å². The largest absolute Gasteiger partial charge is 0.470 e. The molecular weight excluding hydrogens is 380 g/mol. The van der Waals surface area contributed by atoms with Crippen LogP contribution in [0.3, 0.4) is 0 Å². The molecule has 0 amide bonds. The highest BCUT2D eigenvalue weighted by Gasteiger charge is 2.40. The fourth-order valence-corrected chi connectivity index (χ4v) is 6.83. The Balaban J connectivity index is 1.30. The van der Waals surface area contributed by atoms with Crippen LogP contribution < -0.4 is 0 Å². The molecule has 0 spiro atoms. The van der Waals surface area contributed by atoms with E-state index in [1.807, 2.05) is 0 Å². The molecule has 2 heterocycles. The Morgan fingerprint density at radius 1 is 0.774 bits per heavy atom. The summed E-state index contributed by atoms with van der Waals surface area (Å²) in [7, 11) is 0. The Kier molecular flexibility index (Phi) is 5.29. The highest BCUT2D eigenvalue weighted by atomic mass is 16.5. The summed E-state index contributed by atoms with van der Waals surface area (Å²) in [5, 5.41) is 0. The van der Waals surface area contributed by atoms with Gasteiger partial charge in [-0.3, -0.25) is 0 Å². The third-order valence-electron chi connectivity index (χ3n) is 8.31. The van der Waals surface area contributed by atoms with Crippen LogP contribution in [0.15, 0.2) is 47.5 Å². The smallest absolute Gasteiger partial charge is 0.236 e. The van der Waals surface area contributed by atoms with Crippen LogP contribution in [-0.2, 0) is 11.2 Å². The third kappa shape index (κ3) is 3.70. The average Bonchev–Trinajstić information content (AvgIpc) is 3.39. The molecule has 6 rings (SSSR count). The molecular formula is C28H34N2O. The highest BCUT2D eigenvalue weighted by molar-refractivity contribution is 5.94. The summed E-state index contributed by atoms with van der Waals surface area (Å²) in [4.78, 5) is 10.3. The van der Waals surface area contributed by atoms with Crippen molar-refractivity contribution < 1.29 is 4.74 Å². The molecule has 2 fully saturated rings. The maximum Gasteiger partial charge on any atom is 0.236 e. The Labute approximate surface area is 186 Å². The van der Waals surface area contributed by atoms with Crippen molar-refractivity contribution in [1.29, 1.82) is 0 Å². The molecule has 2 saturated carbocycles. The van der Waals surface area contributed by atoms with E-state index < -0.39 is 0 Å². The van der Waals surface area contributed by atoms with Crippen LogP contribution in [0.5, 0.6) is 0 Å². The molecule has 31 heavy (non-hydrogen) atoms. The van der Waals surface area contributed by atoms with E-state index in [2.05, 4.69) is 42.5 Å². The molecule has 1 aromatic carbocycles. The van der Waals surface area contributed by atoms with Gasteiger partial charge in [0.2, 0.25) is 5.90 Å². The monoisotopic (exact) mass is 414 g/mol. The summed E-state index contributed by atoms with van der Waals surface area (Å²) in [6.07, 6.45) is 15.0. The maximum absolute atomic E-state index is 6.37. The molecule has 1 aliphatic heterocycles. The fourth-order valence-electron chi connectivity index (χ4n) is 6.83. The second kappa shape index (κ2) is 8.41. The predicted molar refractivity (Wildman–Crippen MR) is 124 cm³/mol. The van der Waals surface area contributed by atoms with Gasteiger partial charge in [-0.25, -0.2) is 9.98 Å². The Morgan fingerprint density at radius 3 is 2.23 bits per heavy atom. The summed E-state index contributed by atoms with van der Waals surface area (Å²) < 4.78 is 6.37. The molecule has 2 aromatic rings. The Bertz CT molecular complexity index is 937. The standard InChI is InChI=1S/C28H34N2O/c1-3-10-19(11-4-1)26(20-12-5-2-6-13-20)23-16-9-17-24(29-23)28-30-27-22-15-8-7-14-21(22)18-25(27)31-28/h7-9,14-17,19-20,25-27H,1-6,10-13,18H2/t25-,27+/m1/s1. The summed E-state index contributed by atoms with van der Waals surface area (Å²) in [5.41, 5.74) is 4.97. The first-order chi connectivity index (χ1) is 15.4. The van der Waals surface area contributed by atoms with Crippen LogP contribution in [0, 0.1) is 11.8 Å². The highest BCUT2D eigenvalue weighted by Crippen LogP contribution is 2.45. The van der Waals surface area contributed by atoms with Crippen LogP contribution in [0.4, 0.5) is 0 Å². The van der Waals surface area contributed by atoms with Crippen molar-refractivity contribution in [1.82, 2.24) is 4.98 Å². The quantitative estimate of drug-likeness (QED) is 0.553. The van der Waals surface area contributed by atoms with Gasteiger partial charge in [-0.1, -0.05) is 68.9 Å². The third-order valence-corrected chi connectivity index (χ3v) is 8.31. The minimum absolute atomic E-state index is 0.143. The van der Waals surface area contributed by atoms with Gasteiger partial charge in [0.25, 0.3) is 0 Å². The lowest BCUT2D eigenvalue weighted by atomic mass is 9.68. The van der Waals surface area contributed by atoms with Crippen molar-refractivity contribution in [2.24, 2.45) is 16.8 Å². The number of hydrogen-bond acceptors (Lipinski definition) is 3. The lowest BCUT2D eigenvalue weighted by Gasteiger charge is -2.37. The molecule has 3 aliphatic carbocycles. The number of benzene rings is 1. The molecule has 0 N–H and O–H groups in total. The number of hydrogen-bond donors (Lipinski definition) is 0. The molecule has 3 nitrogen and oxygen atoms in total. The average molecular weight is 415 g/mol. The topological polar surface area (TPSA) is 34.5 Å². The van der Waals surface area contributed by atoms with Crippen LogP contribution in [0.25, 0.3) is 0 Å². The SMILES string of the molecule is c1cc(C2=N[C@H]3c4ccccc4C[C@H]3O2)nc(C(C2CCCCC2)C2CCCCC2)c1. The van der Waals surface area contributed by atoms with Crippen molar-refractivity contribution in [2.45, 2.75) is 88.7 Å². The predicted octanol–water partition coefficient (Wildman–Crippen LogP) is 6.77. The van der Waals surface area contributed by atoms with Crippen molar-refractivity contribution in [3.8, 4) is 0 Å². The van der Waals surface area contributed by atoms with Gasteiger partial charge in [-0.15, -0.1) is 0 Å². The van der Waals surface area contributed by atoms with E-state index in [1.165, 1.54) is 81.0 Å². The molecule has 1 aromatic heterocycles. The van der Waals surface area contributed by atoms with Crippen LogP contribution in [-0.4, -0.2) is 17.0 Å². The Morgan fingerprint density at radius 2 is 1.48 bits per heavy atom. The number of nitrogens with zero attached hydrogens (tertiary/aromatic N) is 2. The molecule has 4 aliphatic rings. The van der Waals surface area contributed by atoms with E-state index in [4.69, 9.17) is 14.7 Å². The molecule has 0 radical (unpaired) electrons. The lowest BCUT2D eigenvalue weighted by Crippen LogP contribution is -2.27. The number of aromatic nitrogens is 1. The van der Waals surface area contributed by atoms with E-state index in [-0.39, 0.29) is 12.1 Å². The second-order valence-electron chi connectivity index (χ2n) is 10.2. The molecule has 3 heteroatoms. The maximum atomic E-state index is 6.37. The minimum atomic E-state index is 0.143. The molecule has 0 unspecified atom stereocenters. The normalized spacial score (nSPS) is 26.4. The first kappa shape index (κ1) is 19.5. The van der Waals surface area contributed by atoms with Gasteiger partial charge in [0.05, 0.1) is 0 Å². The van der Waals surface area contributed by atoms with Gasteiger partial charge in [0.1, 0.15) is 17.8 Å². The van der Waals surface area contributed by atoms with E-state index in [9.17, 15) is 0 Å². The van der Waals surface area contributed by atoms with Crippen molar-refractivity contribution in [3.63, 3.8) is 0 Å². The van der Waals surface area contributed by atoms with Crippen LogP contribution in [0.1, 0.15) is 98.7 Å². The fraction of sp³-hybridized carbons (Fsp3) is 0.571. The number of ether oxygens (including phenoxy) is 1. The number of rotatable bonds is 4. The first-order valence-corrected chi connectivity index (χ1v) is 12.7. The molecule has 0 bridgehead atoms. The van der Waals surface area contributed by atoms with Crippen molar-refractivity contribution in [2.75, 3.05) is 0 Å². The summed E-state index contributed by atoms with van der Waals surface area (Å²) in [5.74, 6) is 2.98. The molecule has 0 saturated heterocycles. The van der Waals surface area contributed by atoms with Gasteiger partial charge in [0, 0.05) is 18.0 Å². The minimum Gasteiger partial charge on any atom is -0.470 e. The number of fused-ring (bicyclic) bond motifs is 3. The van der Waals surface area contributed by atoms with E-state index in [1.54, 1.807) is 0 Å². The zero-order valence-corrected chi connectivity index (χ0v) is 18.5. The summed E-state index contributed by atoms with van der Waals surface area (Å²) in [6.45, 7) is 0. The second-order valence-corrected chi connectivity index (χ2v) is 10.2. The van der Waals surface area contributed by atoms with Crippen LogP contribution in [0.2, 0.25) is 0 Å². The van der Waals surface area contributed by atoms with E-state index in [0.717, 1.165) is 29.8 Å². The van der Waals surface area contributed by atoms with Gasteiger partial charge >= 0.3 is 0 Å². The summed E-state index contributed by atoms with van der Waals surface area (Å²) >= 11 is 0. The first-order valence-electron chi connectivity index (χ1n) is 12.7. The lowest BCUT2D eigenvalue weighted by molar-refractivity contribution is 0.198. The van der Waals surface area contributed by atoms with Gasteiger partial charge in [0.15, 0.2) is 0 Å². The van der Waals surface area contributed by atoms with E-state index >= 15 is 0 Å². The van der Waals surface area contributed by atoms with E-state index in [0.29, 0.717) is 5.92 Å². The van der Waals surface area contributed by atoms with Crippen molar-refractivity contribution in [3.05, 3.63) is 65.0 Å². The zero-order chi connectivity index (χ0) is 20.6. The molecule has 2 atom stereocenters. The van der Waals surface area contributed by atoms with Gasteiger partial charge in [-0.2, -0.15) is 0 Å².